The first kappa shape index (κ1) is 9.20. The van der Waals surface area contributed by atoms with Gasteiger partial charge in [0.1, 0.15) is 5.82 Å². The number of nitrogens with zero attached hydrogens (tertiary/aromatic N) is 2. The number of nitrogens with two attached hydrogens (primary N) is 1. The Hall–Kier alpha value is -2.37. The summed E-state index contributed by atoms with van der Waals surface area (Å²) >= 11 is 0. The van der Waals surface area contributed by atoms with E-state index < -0.39 is 5.97 Å². The van der Waals surface area contributed by atoms with Crippen LogP contribution in [-0.2, 0) is 0 Å². The predicted molar refractivity (Wildman–Crippen MR) is 51.1 cm³/mol. The largest absolute Gasteiger partial charge is 0.476 e. The number of rotatable bonds is 2. The third-order valence-electron chi connectivity index (χ3n) is 1.83. The van der Waals surface area contributed by atoms with Gasteiger partial charge in [-0.15, -0.1) is 0 Å². The molecule has 0 unspecified atom stereocenters. The molecule has 2 heterocycles. The van der Waals surface area contributed by atoms with Gasteiger partial charge in [-0.3, -0.25) is 0 Å². The number of nitrogen functional groups attached to an aromatic ring is 1. The van der Waals surface area contributed by atoms with E-state index in [0.717, 1.165) is 0 Å². The maximum atomic E-state index is 10.6. The number of pyridine rings is 1. The number of carbonyl (C=O) groups is 1. The molecule has 0 atom stereocenters. The maximum absolute atomic E-state index is 10.6. The van der Waals surface area contributed by atoms with Crippen LogP contribution in [0.2, 0.25) is 0 Å². The summed E-state index contributed by atoms with van der Waals surface area (Å²) in [5, 5.41) is 12.0. The Morgan fingerprint density at radius 2 is 2.33 bits per heavy atom. The van der Waals surface area contributed by atoms with Crippen molar-refractivity contribution < 1.29 is 14.4 Å². The highest BCUT2D eigenvalue weighted by molar-refractivity contribution is 5.87. The second kappa shape index (κ2) is 3.41. The number of aromatic carboxylic acids is 1. The Kier molecular flexibility index (Phi) is 2.09. The summed E-state index contributed by atoms with van der Waals surface area (Å²) in [6.07, 6.45) is 1.54. The number of carboxylic acid groups (broad SMARTS) is 1. The summed E-state index contributed by atoms with van der Waals surface area (Å²) in [6.45, 7) is 0. The quantitative estimate of drug-likeness (QED) is 0.758. The van der Waals surface area contributed by atoms with Crippen LogP contribution < -0.4 is 5.73 Å². The molecule has 15 heavy (non-hydrogen) atoms. The van der Waals surface area contributed by atoms with E-state index in [1.54, 1.807) is 12.1 Å². The maximum Gasteiger partial charge on any atom is 0.358 e. The third-order valence-corrected chi connectivity index (χ3v) is 1.83. The molecule has 0 saturated heterocycles. The molecule has 2 aromatic heterocycles. The molecule has 0 aromatic carbocycles. The van der Waals surface area contributed by atoms with Gasteiger partial charge in [0.2, 0.25) is 0 Å². The fourth-order valence-corrected chi connectivity index (χ4v) is 1.13. The zero-order valence-corrected chi connectivity index (χ0v) is 7.54. The van der Waals surface area contributed by atoms with E-state index in [-0.39, 0.29) is 17.3 Å². The zero-order chi connectivity index (χ0) is 10.8. The van der Waals surface area contributed by atoms with Crippen LogP contribution >= 0.6 is 0 Å². The Balaban J connectivity index is 2.46. The first-order valence-electron chi connectivity index (χ1n) is 4.09. The van der Waals surface area contributed by atoms with Crippen molar-refractivity contribution in [1.82, 2.24) is 10.1 Å². The number of hydrogen-bond donors (Lipinski definition) is 2. The van der Waals surface area contributed by atoms with Crippen LogP contribution in [-0.4, -0.2) is 21.2 Å². The van der Waals surface area contributed by atoms with Crippen LogP contribution in [0.5, 0.6) is 0 Å². The minimum atomic E-state index is -1.15. The van der Waals surface area contributed by atoms with Crippen molar-refractivity contribution in [3.8, 4) is 11.3 Å². The number of anilines is 1. The van der Waals surface area contributed by atoms with Crippen LogP contribution in [0.15, 0.2) is 28.9 Å². The molecule has 2 aromatic rings. The first-order valence-corrected chi connectivity index (χ1v) is 4.09. The Morgan fingerprint density at radius 3 is 2.93 bits per heavy atom. The fraction of sp³-hybridized carbons (Fsp3) is 0. The van der Waals surface area contributed by atoms with Gasteiger partial charge in [-0.05, 0) is 12.1 Å². The molecule has 0 amide bonds. The minimum absolute atomic E-state index is 0.159. The third kappa shape index (κ3) is 1.64. The van der Waals surface area contributed by atoms with Crippen molar-refractivity contribution in [2.24, 2.45) is 0 Å². The van der Waals surface area contributed by atoms with Gasteiger partial charge in [0, 0.05) is 12.3 Å². The van der Waals surface area contributed by atoms with Crippen LogP contribution in [0.25, 0.3) is 11.3 Å². The standard InChI is InChI=1S/C9H7N3O3/c10-8-5(2-1-3-11-8)7-4-6(9(13)14)12-15-7/h1-4H,(H2,10,11)(H,13,14). The van der Waals surface area contributed by atoms with E-state index in [4.69, 9.17) is 15.4 Å². The molecule has 0 saturated carbocycles. The second-order valence-electron chi connectivity index (χ2n) is 2.82. The van der Waals surface area contributed by atoms with Gasteiger partial charge in [0.15, 0.2) is 11.5 Å². The van der Waals surface area contributed by atoms with Gasteiger partial charge >= 0.3 is 5.97 Å². The van der Waals surface area contributed by atoms with Gasteiger partial charge < -0.3 is 15.4 Å². The van der Waals surface area contributed by atoms with Gasteiger partial charge in [0.25, 0.3) is 0 Å². The smallest absolute Gasteiger partial charge is 0.358 e. The summed E-state index contributed by atoms with van der Waals surface area (Å²) in [5.74, 6) is -0.587. The number of carboxylic acids is 1. The average molecular weight is 205 g/mol. The zero-order valence-electron chi connectivity index (χ0n) is 7.54. The van der Waals surface area contributed by atoms with E-state index in [9.17, 15) is 4.79 Å². The van der Waals surface area contributed by atoms with E-state index >= 15 is 0 Å². The van der Waals surface area contributed by atoms with Gasteiger partial charge in [0.05, 0.1) is 5.56 Å². The van der Waals surface area contributed by atoms with Crippen LogP contribution in [0.3, 0.4) is 0 Å². The summed E-state index contributed by atoms with van der Waals surface area (Å²) in [4.78, 5) is 14.4. The lowest BCUT2D eigenvalue weighted by Crippen LogP contribution is -1.95. The monoisotopic (exact) mass is 205 g/mol. The Labute approximate surface area is 84.3 Å². The predicted octanol–water partition coefficient (Wildman–Crippen LogP) is 1.02. The number of aromatic nitrogens is 2. The highest BCUT2D eigenvalue weighted by Crippen LogP contribution is 2.24. The highest BCUT2D eigenvalue weighted by atomic mass is 16.5. The van der Waals surface area contributed by atoms with Crippen LogP contribution in [0.4, 0.5) is 5.82 Å². The highest BCUT2D eigenvalue weighted by Gasteiger charge is 2.13. The summed E-state index contributed by atoms with van der Waals surface area (Å²) in [6, 6.07) is 4.65. The molecule has 0 aliphatic heterocycles. The van der Waals surface area contributed by atoms with Crippen molar-refractivity contribution in [3.05, 3.63) is 30.1 Å². The lowest BCUT2D eigenvalue weighted by atomic mass is 10.2. The normalized spacial score (nSPS) is 10.1. The van der Waals surface area contributed by atoms with E-state index in [1.807, 2.05) is 0 Å². The molecule has 6 nitrogen and oxygen atoms in total. The lowest BCUT2D eigenvalue weighted by Gasteiger charge is -1.97. The van der Waals surface area contributed by atoms with E-state index in [2.05, 4.69) is 10.1 Å². The lowest BCUT2D eigenvalue weighted by molar-refractivity contribution is 0.0686. The molecule has 0 bridgehead atoms. The van der Waals surface area contributed by atoms with E-state index in [1.165, 1.54) is 12.3 Å². The van der Waals surface area contributed by atoms with Crippen molar-refractivity contribution in [3.63, 3.8) is 0 Å². The molecule has 0 fully saturated rings. The second-order valence-corrected chi connectivity index (χ2v) is 2.82. The minimum Gasteiger partial charge on any atom is -0.476 e. The summed E-state index contributed by atoms with van der Waals surface area (Å²) < 4.78 is 4.84. The van der Waals surface area contributed by atoms with Crippen LogP contribution in [0.1, 0.15) is 10.5 Å². The van der Waals surface area contributed by atoms with Crippen molar-refractivity contribution in [2.75, 3.05) is 5.73 Å². The molecule has 2 rings (SSSR count). The van der Waals surface area contributed by atoms with Crippen molar-refractivity contribution in [1.29, 1.82) is 0 Å². The SMILES string of the molecule is Nc1ncccc1-c1cc(C(=O)O)no1. The van der Waals surface area contributed by atoms with E-state index in [0.29, 0.717) is 5.56 Å². The van der Waals surface area contributed by atoms with Gasteiger partial charge in [-0.25, -0.2) is 9.78 Å². The van der Waals surface area contributed by atoms with Crippen molar-refractivity contribution in [2.45, 2.75) is 0 Å². The fourth-order valence-electron chi connectivity index (χ4n) is 1.13. The molecular weight excluding hydrogens is 198 g/mol. The van der Waals surface area contributed by atoms with Crippen molar-refractivity contribution >= 4 is 11.8 Å². The summed E-state index contributed by atoms with van der Waals surface area (Å²) in [5.41, 5.74) is 5.96. The molecule has 0 aliphatic rings. The van der Waals surface area contributed by atoms with Crippen LogP contribution in [0, 0.1) is 0 Å². The average Bonchev–Trinajstić information content (AvgIpc) is 2.67. The van der Waals surface area contributed by atoms with Gasteiger partial charge in [-0.1, -0.05) is 5.16 Å². The summed E-state index contributed by atoms with van der Waals surface area (Å²) in [7, 11) is 0. The molecule has 3 N–H and O–H groups in total. The first-order chi connectivity index (χ1) is 7.18. The molecular formula is C9H7N3O3. The topological polar surface area (TPSA) is 102 Å². The molecule has 76 valence electrons. The molecule has 6 heteroatoms. The molecule has 0 radical (unpaired) electrons. The van der Waals surface area contributed by atoms with Gasteiger partial charge in [-0.2, -0.15) is 0 Å². The number of hydrogen-bond acceptors (Lipinski definition) is 5. The molecule has 0 aliphatic carbocycles. The molecule has 0 spiro atoms. The Bertz CT molecular complexity index is 507. The Morgan fingerprint density at radius 1 is 1.53 bits per heavy atom.